The SMILES string of the molecule is COc1ccc(Oc2cccc(C(NC(=O)COc3ccccc3)c3cc(Cl)c4cccnc4c3O)c2)cc1. The minimum atomic E-state index is -0.778. The Bertz CT molecular complexity index is 1590. The number of benzene rings is 4. The molecule has 0 radical (unpaired) electrons. The molecule has 5 aromatic rings. The number of amides is 1. The van der Waals surface area contributed by atoms with Crippen molar-refractivity contribution >= 4 is 28.4 Å². The first-order valence-electron chi connectivity index (χ1n) is 12.2. The summed E-state index contributed by atoms with van der Waals surface area (Å²) >= 11 is 6.58. The van der Waals surface area contributed by atoms with Gasteiger partial charge in [-0.3, -0.25) is 9.78 Å². The van der Waals surface area contributed by atoms with Gasteiger partial charge < -0.3 is 24.6 Å². The van der Waals surface area contributed by atoms with Gasteiger partial charge in [0.2, 0.25) is 0 Å². The number of methoxy groups -OCH3 is 1. The first-order chi connectivity index (χ1) is 19.0. The Labute approximate surface area is 230 Å². The predicted molar refractivity (Wildman–Crippen MR) is 150 cm³/mol. The molecule has 2 N–H and O–H groups in total. The molecular weight excluding hydrogens is 516 g/mol. The normalized spacial score (nSPS) is 11.5. The molecule has 196 valence electrons. The van der Waals surface area contributed by atoms with Crippen LogP contribution in [0.4, 0.5) is 0 Å². The topological polar surface area (TPSA) is 89.9 Å². The fraction of sp³-hybridized carbons (Fsp3) is 0.0968. The van der Waals surface area contributed by atoms with Crippen LogP contribution in [0.25, 0.3) is 10.9 Å². The second kappa shape index (κ2) is 11.8. The first kappa shape index (κ1) is 25.9. The van der Waals surface area contributed by atoms with E-state index in [0.29, 0.717) is 50.1 Å². The molecule has 1 unspecified atom stereocenters. The van der Waals surface area contributed by atoms with E-state index in [2.05, 4.69) is 10.3 Å². The van der Waals surface area contributed by atoms with Gasteiger partial charge in [0, 0.05) is 17.1 Å². The van der Waals surface area contributed by atoms with E-state index in [-0.39, 0.29) is 18.3 Å². The number of pyridine rings is 1. The standard InChI is InChI=1S/C31H25ClN2O5/c1-37-21-12-14-23(15-13-21)39-24-10-5-7-20(17-24)29(34-28(35)19-38-22-8-3-2-4-9-22)26-18-27(32)25-11-6-16-33-30(25)31(26)36/h2-18,29,36H,19H2,1H3,(H,34,35). The van der Waals surface area contributed by atoms with Gasteiger partial charge in [-0.1, -0.05) is 41.9 Å². The van der Waals surface area contributed by atoms with Gasteiger partial charge in [-0.05, 0) is 72.3 Å². The van der Waals surface area contributed by atoms with Gasteiger partial charge in [0.15, 0.2) is 6.61 Å². The number of fused-ring (bicyclic) bond motifs is 1. The second-order valence-corrected chi connectivity index (χ2v) is 9.06. The summed E-state index contributed by atoms with van der Waals surface area (Å²) in [5.41, 5.74) is 1.39. The van der Waals surface area contributed by atoms with Crippen LogP contribution in [0.1, 0.15) is 17.2 Å². The lowest BCUT2D eigenvalue weighted by Gasteiger charge is -2.22. The van der Waals surface area contributed by atoms with E-state index in [1.165, 1.54) is 0 Å². The number of phenols is 1. The van der Waals surface area contributed by atoms with Crippen LogP contribution in [0.15, 0.2) is 103 Å². The quantitative estimate of drug-likeness (QED) is 0.217. The molecule has 0 fully saturated rings. The number of hydrogen-bond acceptors (Lipinski definition) is 6. The molecule has 0 aliphatic heterocycles. The van der Waals surface area contributed by atoms with Crippen molar-refractivity contribution in [3.05, 3.63) is 119 Å². The van der Waals surface area contributed by atoms with Crippen molar-refractivity contribution in [2.24, 2.45) is 0 Å². The number of phenolic OH excluding ortho intramolecular Hbond substituents is 1. The van der Waals surface area contributed by atoms with E-state index in [1.54, 1.807) is 80.0 Å². The molecule has 0 spiro atoms. The molecule has 0 bridgehead atoms. The molecule has 0 saturated heterocycles. The molecular formula is C31H25ClN2O5. The van der Waals surface area contributed by atoms with Gasteiger partial charge in [-0.15, -0.1) is 0 Å². The largest absolute Gasteiger partial charge is 0.505 e. The van der Waals surface area contributed by atoms with Crippen LogP contribution < -0.4 is 19.5 Å². The van der Waals surface area contributed by atoms with E-state index in [1.807, 2.05) is 30.3 Å². The Balaban J connectivity index is 1.48. The number of nitrogens with zero attached hydrogens (tertiary/aromatic N) is 1. The third kappa shape index (κ3) is 6.05. The molecule has 1 aromatic heterocycles. The summed E-state index contributed by atoms with van der Waals surface area (Å²) in [7, 11) is 1.60. The molecule has 0 saturated carbocycles. The van der Waals surface area contributed by atoms with Crippen molar-refractivity contribution in [2.75, 3.05) is 13.7 Å². The highest BCUT2D eigenvalue weighted by Gasteiger charge is 2.24. The minimum absolute atomic E-state index is 0.0780. The Morgan fingerprint density at radius 1 is 0.897 bits per heavy atom. The van der Waals surface area contributed by atoms with Gasteiger partial charge >= 0.3 is 0 Å². The Kier molecular flexibility index (Phi) is 7.80. The highest BCUT2D eigenvalue weighted by atomic mass is 35.5. The molecule has 0 aliphatic rings. The maximum absolute atomic E-state index is 13.1. The molecule has 1 heterocycles. The van der Waals surface area contributed by atoms with Crippen molar-refractivity contribution in [3.8, 4) is 28.7 Å². The lowest BCUT2D eigenvalue weighted by molar-refractivity contribution is -0.123. The summed E-state index contributed by atoms with van der Waals surface area (Å²) in [6.45, 7) is -0.219. The third-order valence-corrected chi connectivity index (χ3v) is 6.37. The average Bonchev–Trinajstić information content (AvgIpc) is 2.98. The van der Waals surface area contributed by atoms with Crippen LogP contribution in [0.5, 0.6) is 28.7 Å². The molecule has 1 amide bonds. The van der Waals surface area contributed by atoms with Crippen molar-refractivity contribution in [1.29, 1.82) is 0 Å². The highest BCUT2D eigenvalue weighted by Crippen LogP contribution is 2.39. The second-order valence-electron chi connectivity index (χ2n) is 8.65. The van der Waals surface area contributed by atoms with Crippen LogP contribution in [-0.4, -0.2) is 29.7 Å². The molecule has 4 aromatic carbocycles. The third-order valence-electron chi connectivity index (χ3n) is 6.06. The lowest BCUT2D eigenvalue weighted by atomic mass is 9.96. The molecule has 8 heteroatoms. The Morgan fingerprint density at radius 3 is 2.41 bits per heavy atom. The van der Waals surface area contributed by atoms with Crippen molar-refractivity contribution in [3.63, 3.8) is 0 Å². The molecule has 7 nitrogen and oxygen atoms in total. The molecule has 5 rings (SSSR count). The summed E-state index contributed by atoms with van der Waals surface area (Å²) < 4.78 is 16.9. The molecule has 0 aliphatic carbocycles. The van der Waals surface area contributed by atoms with Crippen LogP contribution in [-0.2, 0) is 4.79 Å². The van der Waals surface area contributed by atoms with E-state index >= 15 is 0 Å². The van der Waals surface area contributed by atoms with Crippen molar-refractivity contribution < 1.29 is 24.1 Å². The number of rotatable bonds is 9. The number of aromatic hydroxyl groups is 1. The average molecular weight is 541 g/mol. The van der Waals surface area contributed by atoms with E-state index in [9.17, 15) is 9.90 Å². The minimum Gasteiger partial charge on any atom is -0.505 e. The number of ether oxygens (including phenoxy) is 3. The van der Waals surface area contributed by atoms with Crippen LogP contribution in [0.2, 0.25) is 5.02 Å². The zero-order valence-corrected chi connectivity index (χ0v) is 21.8. The summed E-state index contributed by atoms with van der Waals surface area (Å²) in [4.78, 5) is 17.4. The number of hydrogen-bond donors (Lipinski definition) is 2. The number of carbonyl (C=O) groups excluding carboxylic acids is 1. The highest BCUT2D eigenvalue weighted by molar-refractivity contribution is 6.35. The maximum Gasteiger partial charge on any atom is 0.258 e. The van der Waals surface area contributed by atoms with Gasteiger partial charge in [-0.25, -0.2) is 0 Å². The summed E-state index contributed by atoms with van der Waals surface area (Å²) in [5, 5.41) is 15.2. The number of nitrogens with one attached hydrogen (secondary N) is 1. The summed E-state index contributed by atoms with van der Waals surface area (Å²) in [6.07, 6.45) is 1.58. The predicted octanol–water partition coefficient (Wildman–Crippen LogP) is 6.68. The monoisotopic (exact) mass is 540 g/mol. The fourth-order valence-electron chi connectivity index (χ4n) is 4.17. The molecule has 1 atom stereocenters. The summed E-state index contributed by atoms with van der Waals surface area (Å²) in [6, 6.07) is 27.9. The number of halogens is 1. The Morgan fingerprint density at radius 2 is 1.64 bits per heavy atom. The van der Waals surface area contributed by atoms with Gasteiger partial charge in [-0.2, -0.15) is 0 Å². The number of para-hydroxylation sites is 1. The van der Waals surface area contributed by atoms with Gasteiger partial charge in [0.05, 0.1) is 18.2 Å². The van der Waals surface area contributed by atoms with Gasteiger partial charge in [0.25, 0.3) is 5.91 Å². The number of aromatic nitrogens is 1. The summed E-state index contributed by atoms with van der Waals surface area (Å²) in [5.74, 6) is 1.98. The van der Waals surface area contributed by atoms with E-state index in [4.69, 9.17) is 25.8 Å². The van der Waals surface area contributed by atoms with E-state index in [0.717, 1.165) is 0 Å². The zero-order valence-electron chi connectivity index (χ0n) is 21.0. The zero-order chi connectivity index (χ0) is 27.2. The fourth-order valence-corrected chi connectivity index (χ4v) is 4.44. The van der Waals surface area contributed by atoms with Crippen molar-refractivity contribution in [2.45, 2.75) is 6.04 Å². The first-order valence-corrected chi connectivity index (χ1v) is 12.5. The van der Waals surface area contributed by atoms with Crippen LogP contribution in [0, 0.1) is 0 Å². The van der Waals surface area contributed by atoms with E-state index < -0.39 is 6.04 Å². The maximum atomic E-state index is 13.1. The lowest BCUT2D eigenvalue weighted by Crippen LogP contribution is -2.33. The smallest absolute Gasteiger partial charge is 0.258 e. The van der Waals surface area contributed by atoms with Crippen LogP contribution >= 0.6 is 11.6 Å². The number of carbonyl (C=O) groups is 1. The van der Waals surface area contributed by atoms with Crippen molar-refractivity contribution in [1.82, 2.24) is 10.3 Å². The van der Waals surface area contributed by atoms with Crippen LogP contribution in [0.3, 0.4) is 0 Å². The Hall–Kier alpha value is -4.75. The van der Waals surface area contributed by atoms with Gasteiger partial charge in [0.1, 0.15) is 34.3 Å². The molecule has 39 heavy (non-hydrogen) atoms.